The molecule has 84 valence electrons. The second-order valence-corrected chi connectivity index (χ2v) is 3.30. The Bertz CT molecular complexity index is 182. The molecule has 0 aromatic rings. The van der Waals surface area contributed by atoms with Crippen LogP contribution in [0.25, 0.3) is 0 Å². The van der Waals surface area contributed by atoms with Crippen molar-refractivity contribution in [2.45, 2.75) is 45.9 Å². The van der Waals surface area contributed by atoms with E-state index in [4.69, 9.17) is 20.0 Å². The molecule has 5 nitrogen and oxygen atoms in total. The lowest BCUT2D eigenvalue weighted by molar-refractivity contribution is -0.261. The maximum atomic E-state index is 9.15. The van der Waals surface area contributed by atoms with Gasteiger partial charge in [0.1, 0.15) is 6.10 Å². The number of aliphatic hydroxyl groups is 2. The zero-order chi connectivity index (χ0) is 11.1. The molecule has 0 rings (SSSR count). The number of hydrogen-bond donors (Lipinski definition) is 2. The normalized spacial score (nSPS) is 18.9. The van der Waals surface area contributed by atoms with Gasteiger partial charge in [-0.1, -0.05) is 0 Å². The molecule has 0 spiro atoms. The summed E-state index contributed by atoms with van der Waals surface area (Å²) in [6, 6.07) is -0.233. The number of hydrogen-bond acceptors (Lipinski definition) is 5. The van der Waals surface area contributed by atoms with Crippen LogP contribution in [-0.2, 0) is 9.78 Å². The fourth-order valence-corrected chi connectivity index (χ4v) is 0.598. The van der Waals surface area contributed by atoms with Crippen LogP contribution in [-0.4, -0.2) is 41.0 Å². The van der Waals surface area contributed by atoms with Crippen LogP contribution >= 0.6 is 0 Å². The quantitative estimate of drug-likeness (QED) is 0.297. The van der Waals surface area contributed by atoms with Crippen molar-refractivity contribution in [2.24, 2.45) is 4.99 Å². The first kappa shape index (κ1) is 13.4. The average molecular weight is 205 g/mol. The summed E-state index contributed by atoms with van der Waals surface area (Å²) in [7, 11) is 0. The lowest BCUT2D eigenvalue weighted by Crippen LogP contribution is -2.20. The molecule has 0 aliphatic heterocycles. The zero-order valence-corrected chi connectivity index (χ0v) is 9.10. The van der Waals surface area contributed by atoms with Gasteiger partial charge in [-0.25, -0.2) is 4.99 Å². The second kappa shape index (κ2) is 6.75. The van der Waals surface area contributed by atoms with Crippen molar-refractivity contribution < 1.29 is 20.0 Å². The van der Waals surface area contributed by atoms with Gasteiger partial charge in [0.2, 0.25) is 5.90 Å². The molecule has 0 radical (unpaired) electrons. The predicted molar refractivity (Wildman–Crippen MR) is 53.0 cm³/mol. The van der Waals surface area contributed by atoms with Gasteiger partial charge in [0.15, 0.2) is 0 Å². The maximum Gasteiger partial charge on any atom is 0.224 e. The highest BCUT2D eigenvalue weighted by molar-refractivity contribution is 5.72. The van der Waals surface area contributed by atoms with E-state index in [1.165, 1.54) is 0 Å². The minimum Gasteiger partial charge on any atom is -0.394 e. The number of rotatable bonds is 5. The summed E-state index contributed by atoms with van der Waals surface area (Å²) < 4.78 is 0. The first-order valence-electron chi connectivity index (χ1n) is 4.64. The average Bonchev–Trinajstić information content (AvgIpc) is 2.13. The molecule has 5 heteroatoms. The summed E-state index contributed by atoms with van der Waals surface area (Å²) in [6.45, 7) is 6.61. The van der Waals surface area contributed by atoms with E-state index in [-0.39, 0.29) is 18.8 Å². The summed E-state index contributed by atoms with van der Waals surface area (Å²) in [4.78, 5) is 13.6. The summed E-state index contributed by atoms with van der Waals surface area (Å²) in [5.41, 5.74) is 0. The Morgan fingerprint density at radius 2 is 1.93 bits per heavy atom. The third-order valence-corrected chi connectivity index (χ3v) is 1.67. The molecule has 0 bridgehead atoms. The van der Waals surface area contributed by atoms with Gasteiger partial charge in [-0.05, 0) is 20.8 Å². The molecule has 0 aliphatic rings. The van der Waals surface area contributed by atoms with E-state index in [9.17, 15) is 0 Å². The van der Waals surface area contributed by atoms with Gasteiger partial charge in [0.25, 0.3) is 0 Å². The molecule has 0 amide bonds. The molecule has 3 atom stereocenters. The Hall–Kier alpha value is -0.650. The van der Waals surface area contributed by atoms with Gasteiger partial charge in [0.05, 0.1) is 18.8 Å². The van der Waals surface area contributed by atoms with Crippen LogP contribution in [0.5, 0.6) is 0 Å². The Kier molecular flexibility index (Phi) is 6.44. The monoisotopic (exact) mass is 205 g/mol. The Labute approximate surface area is 84.3 Å². The van der Waals surface area contributed by atoms with Gasteiger partial charge in [-0.2, -0.15) is 4.89 Å². The van der Waals surface area contributed by atoms with E-state index in [2.05, 4.69) is 4.99 Å². The second-order valence-electron chi connectivity index (χ2n) is 3.30. The lowest BCUT2D eigenvalue weighted by atomic mass is 10.2. The van der Waals surface area contributed by atoms with E-state index in [0.29, 0.717) is 5.90 Å². The molecule has 0 aromatic heterocycles. The molecule has 0 aromatic carbocycles. The SMILES string of the molecule is C/C(=N/C(C)C(C)O)OOC(C)CO. The minimum atomic E-state index is -0.524. The Morgan fingerprint density at radius 3 is 2.36 bits per heavy atom. The van der Waals surface area contributed by atoms with Crippen LogP contribution in [0.1, 0.15) is 27.7 Å². The van der Waals surface area contributed by atoms with Crippen molar-refractivity contribution >= 4 is 5.90 Å². The first-order valence-corrected chi connectivity index (χ1v) is 4.64. The van der Waals surface area contributed by atoms with Crippen LogP contribution in [0.4, 0.5) is 0 Å². The van der Waals surface area contributed by atoms with Gasteiger partial charge in [-0.15, -0.1) is 0 Å². The lowest BCUT2D eigenvalue weighted by Gasteiger charge is -2.12. The third-order valence-electron chi connectivity index (χ3n) is 1.67. The number of aliphatic hydroxyl groups excluding tert-OH is 2. The smallest absolute Gasteiger partial charge is 0.224 e. The number of aliphatic imine (C=N–C) groups is 1. The van der Waals surface area contributed by atoms with E-state index < -0.39 is 6.10 Å². The third kappa shape index (κ3) is 5.90. The Balaban J connectivity index is 3.88. The summed E-state index contributed by atoms with van der Waals surface area (Å²) >= 11 is 0. The molecular formula is C9H19NO4. The molecule has 14 heavy (non-hydrogen) atoms. The summed E-state index contributed by atoms with van der Waals surface area (Å²) in [5.74, 6) is 0.332. The molecule has 0 heterocycles. The molecule has 2 N–H and O–H groups in total. The molecule has 0 fully saturated rings. The van der Waals surface area contributed by atoms with Crippen LogP contribution in [0.3, 0.4) is 0 Å². The fraction of sp³-hybridized carbons (Fsp3) is 0.889. The van der Waals surface area contributed by atoms with E-state index >= 15 is 0 Å². The molecular weight excluding hydrogens is 186 g/mol. The van der Waals surface area contributed by atoms with Crippen molar-refractivity contribution in [2.75, 3.05) is 6.61 Å². The van der Waals surface area contributed by atoms with Gasteiger partial charge in [0, 0.05) is 6.92 Å². The highest BCUT2D eigenvalue weighted by atomic mass is 17.2. The fourth-order valence-electron chi connectivity index (χ4n) is 0.598. The van der Waals surface area contributed by atoms with Crippen molar-refractivity contribution in [1.82, 2.24) is 0 Å². The molecule has 0 saturated carbocycles. The van der Waals surface area contributed by atoms with E-state index in [1.54, 1.807) is 27.7 Å². The van der Waals surface area contributed by atoms with Gasteiger partial charge < -0.3 is 15.1 Å². The van der Waals surface area contributed by atoms with Crippen LogP contribution < -0.4 is 0 Å². The van der Waals surface area contributed by atoms with Crippen molar-refractivity contribution in [3.63, 3.8) is 0 Å². The predicted octanol–water partition coefficient (Wildman–Crippen LogP) is 0.503. The minimum absolute atomic E-state index is 0.112. The summed E-state index contributed by atoms with van der Waals surface area (Å²) in [5, 5.41) is 17.8. The highest BCUT2D eigenvalue weighted by Crippen LogP contribution is 1.99. The molecule has 0 aliphatic carbocycles. The molecule has 0 saturated heterocycles. The first-order chi connectivity index (χ1) is 6.47. The largest absolute Gasteiger partial charge is 0.394 e. The summed E-state index contributed by atoms with van der Waals surface area (Å²) in [6.07, 6.45) is -0.911. The van der Waals surface area contributed by atoms with Crippen molar-refractivity contribution in [1.29, 1.82) is 0 Å². The molecule has 3 unspecified atom stereocenters. The van der Waals surface area contributed by atoms with Crippen LogP contribution in [0, 0.1) is 0 Å². The maximum absolute atomic E-state index is 9.15. The van der Waals surface area contributed by atoms with Crippen LogP contribution in [0.2, 0.25) is 0 Å². The van der Waals surface area contributed by atoms with Gasteiger partial charge in [-0.3, -0.25) is 0 Å². The Morgan fingerprint density at radius 1 is 1.36 bits per heavy atom. The number of nitrogens with zero attached hydrogens (tertiary/aromatic N) is 1. The van der Waals surface area contributed by atoms with Crippen molar-refractivity contribution in [3.8, 4) is 0 Å². The van der Waals surface area contributed by atoms with Gasteiger partial charge >= 0.3 is 0 Å². The van der Waals surface area contributed by atoms with E-state index in [0.717, 1.165) is 0 Å². The standard InChI is InChI=1S/C9H19NO4/c1-6(5-11)13-14-9(4)10-7(2)8(3)12/h6-8,11-12H,5H2,1-4H3/b10-9-. The van der Waals surface area contributed by atoms with E-state index in [1.807, 2.05) is 0 Å². The zero-order valence-electron chi connectivity index (χ0n) is 9.10. The van der Waals surface area contributed by atoms with Crippen LogP contribution in [0.15, 0.2) is 4.99 Å². The van der Waals surface area contributed by atoms with Crippen molar-refractivity contribution in [3.05, 3.63) is 0 Å². The topological polar surface area (TPSA) is 71.3 Å². The highest BCUT2D eigenvalue weighted by Gasteiger charge is 2.08.